The summed E-state index contributed by atoms with van der Waals surface area (Å²) in [5.41, 5.74) is 6.40. The summed E-state index contributed by atoms with van der Waals surface area (Å²) in [6, 6.07) is 13.6. The molecule has 1 aliphatic heterocycles. The van der Waals surface area contributed by atoms with Gasteiger partial charge >= 0.3 is 5.97 Å². The number of fused-ring (bicyclic) bond motifs is 1. The molecule has 1 fully saturated rings. The molecule has 1 saturated heterocycles. The predicted octanol–water partition coefficient (Wildman–Crippen LogP) is 4.06. The second-order valence-electron chi connectivity index (χ2n) is 9.64. The number of aliphatic carboxylic acids is 1. The molecule has 1 aliphatic rings. The summed E-state index contributed by atoms with van der Waals surface area (Å²) in [6.07, 6.45) is 1.99. The van der Waals surface area contributed by atoms with Crippen LogP contribution in [0.4, 0.5) is 5.82 Å². The van der Waals surface area contributed by atoms with Crippen LogP contribution in [0, 0.1) is 13.8 Å². The average Bonchev–Trinajstić information content (AvgIpc) is 3.36. The van der Waals surface area contributed by atoms with Gasteiger partial charge in [-0.1, -0.05) is 35.0 Å². The predicted molar refractivity (Wildman–Crippen MR) is 142 cm³/mol. The second-order valence-corrected chi connectivity index (χ2v) is 9.64. The molecule has 5 rings (SSSR count). The van der Waals surface area contributed by atoms with E-state index in [1.54, 1.807) is 0 Å². The topological polar surface area (TPSA) is 126 Å². The van der Waals surface area contributed by atoms with E-state index in [-0.39, 0.29) is 12.3 Å². The normalized spacial score (nSPS) is 13.7. The Hall–Kier alpha value is -4.34. The Kier molecular flexibility index (Phi) is 7.30. The smallest absolute Gasteiger partial charge is 0.303 e. The molecule has 2 aromatic carbocycles. The number of hydrogen-bond donors (Lipinski definition) is 1. The fourth-order valence-corrected chi connectivity index (χ4v) is 4.73. The quantitative estimate of drug-likeness (QED) is 0.347. The molecular formula is C28H30N6O4. The summed E-state index contributed by atoms with van der Waals surface area (Å²) in [4.78, 5) is 38.0. The zero-order valence-corrected chi connectivity index (χ0v) is 21.6. The minimum Gasteiger partial charge on any atom is -0.481 e. The summed E-state index contributed by atoms with van der Waals surface area (Å²) in [7, 11) is 0. The zero-order chi connectivity index (χ0) is 26.6. The van der Waals surface area contributed by atoms with Gasteiger partial charge in [0.25, 0.3) is 5.91 Å². The van der Waals surface area contributed by atoms with Crippen molar-refractivity contribution in [3.63, 3.8) is 0 Å². The number of benzene rings is 2. The van der Waals surface area contributed by atoms with Crippen LogP contribution < -0.4 is 4.90 Å². The highest BCUT2D eigenvalue weighted by molar-refractivity contribution is 5.97. The van der Waals surface area contributed by atoms with Gasteiger partial charge in [0, 0.05) is 43.7 Å². The average molecular weight is 515 g/mol. The number of amides is 1. The van der Waals surface area contributed by atoms with Crippen molar-refractivity contribution in [3.05, 3.63) is 65.0 Å². The lowest BCUT2D eigenvalue weighted by Crippen LogP contribution is -2.49. The lowest BCUT2D eigenvalue weighted by Gasteiger charge is -2.34. The van der Waals surface area contributed by atoms with Gasteiger partial charge in [0.05, 0.1) is 22.4 Å². The molecular weight excluding hydrogens is 484 g/mol. The number of unbranched alkanes of at least 4 members (excludes halogenated alkanes) is 1. The number of piperazine rings is 1. The van der Waals surface area contributed by atoms with Crippen molar-refractivity contribution in [2.24, 2.45) is 0 Å². The van der Waals surface area contributed by atoms with E-state index < -0.39 is 5.97 Å². The van der Waals surface area contributed by atoms with Crippen LogP contribution in [0.15, 0.2) is 47.1 Å². The lowest BCUT2D eigenvalue weighted by molar-refractivity contribution is -0.137. The highest BCUT2D eigenvalue weighted by Gasteiger charge is 2.25. The van der Waals surface area contributed by atoms with Gasteiger partial charge in [-0.3, -0.25) is 9.59 Å². The van der Waals surface area contributed by atoms with Gasteiger partial charge < -0.3 is 14.9 Å². The molecule has 0 unspecified atom stereocenters. The number of carboxylic acid groups (broad SMARTS) is 1. The molecule has 10 nitrogen and oxygen atoms in total. The largest absolute Gasteiger partial charge is 0.481 e. The van der Waals surface area contributed by atoms with E-state index in [2.05, 4.69) is 15.2 Å². The molecule has 38 heavy (non-hydrogen) atoms. The molecule has 0 saturated carbocycles. The van der Waals surface area contributed by atoms with Crippen LogP contribution in [0.25, 0.3) is 22.3 Å². The van der Waals surface area contributed by atoms with E-state index in [0.717, 1.165) is 34.0 Å². The summed E-state index contributed by atoms with van der Waals surface area (Å²) < 4.78 is 4.81. The first-order valence-corrected chi connectivity index (χ1v) is 12.8. The standard InChI is InChI=1S/C28H30N6O4/c1-18-7-9-20(10-8-18)26-23(5-3-4-6-25(35)36)29-24-17-21(11-12-22(24)30-26)28(37)34-15-13-33(14-16-34)27-19(2)31-38-32-27/h7-12,17H,3-6,13-16H2,1-2H3,(H,35,36). The molecule has 1 N–H and O–H groups in total. The van der Waals surface area contributed by atoms with Gasteiger partial charge in [0.15, 0.2) is 5.82 Å². The van der Waals surface area contributed by atoms with E-state index in [4.69, 9.17) is 19.7 Å². The van der Waals surface area contributed by atoms with Crippen LogP contribution >= 0.6 is 0 Å². The molecule has 2 aromatic heterocycles. The molecule has 0 spiro atoms. The van der Waals surface area contributed by atoms with Gasteiger partial charge in [-0.25, -0.2) is 14.6 Å². The number of nitrogens with zero attached hydrogens (tertiary/aromatic N) is 6. The third kappa shape index (κ3) is 5.49. The van der Waals surface area contributed by atoms with Crippen LogP contribution in [-0.2, 0) is 11.2 Å². The van der Waals surface area contributed by atoms with Crippen molar-refractivity contribution < 1.29 is 19.3 Å². The first-order chi connectivity index (χ1) is 18.4. The van der Waals surface area contributed by atoms with E-state index >= 15 is 0 Å². The molecule has 1 amide bonds. The number of anilines is 1. The van der Waals surface area contributed by atoms with Gasteiger partial charge in [0.2, 0.25) is 0 Å². The number of aromatic nitrogens is 4. The van der Waals surface area contributed by atoms with Crippen molar-refractivity contribution in [1.82, 2.24) is 25.2 Å². The van der Waals surface area contributed by atoms with Crippen molar-refractivity contribution in [2.45, 2.75) is 39.5 Å². The Labute approximate surface area is 220 Å². The maximum Gasteiger partial charge on any atom is 0.303 e. The number of carbonyl (C=O) groups excluding carboxylic acids is 1. The minimum absolute atomic E-state index is 0.0473. The fraction of sp³-hybridized carbons (Fsp3) is 0.357. The first-order valence-electron chi connectivity index (χ1n) is 12.8. The molecule has 0 bridgehead atoms. The number of carboxylic acids is 1. The maximum atomic E-state index is 13.3. The number of aryl methyl sites for hydroxylation is 3. The molecule has 0 radical (unpaired) electrons. The monoisotopic (exact) mass is 514 g/mol. The Bertz CT molecular complexity index is 1460. The highest BCUT2D eigenvalue weighted by Crippen LogP contribution is 2.26. The van der Waals surface area contributed by atoms with Crippen LogP contribution in [0.1, 0.15) is 46.6 Å². The van der Waals surface area contributed by atoms with E-state index in [9.17, 15) is 9.59 Å². The molecule has 0 atom stereocenters. The Morgan fingerprint density at radius 2 is 1.68 bits per heavy atom. The number of rotatable bonds is 8. The van der Waals surface area contributed by atoms with Crippen LogP contribution in [0.3, 0.4) is 0 Å². The summed E-state index contributed by atoms with van der Waals surface area (Å²) in [5, 5.41) is 16.8. The van der Waals surface area contributed by atoms with Gasteiger partial charge in [0.1, 0.15) is 5.69 Å². The van der Waals surface area contributed by atoms with Crippen molar-refractivity contribution in [3.8, 4) is 11.3 Å². The molecule has 0 aliphatic carbocycles. The number of hydrogen-bond acceptors (Lipinski definition) is 8. The van der Waals surface area contributed by atoms with Crippen LogP contribution in [0.5, 0.6) is 0 Å². The van der Waals surface area contributed by atoms with Crippen molar-refractivity contribution >= 4 is 28.7 Å². The summed E-state index contributed by atoms with van der Waals surface area (Å²) >= 11 is 0. The van der Waals surface area contributed by atoms with E-state index in [0.29, 0.717) is 62.0 Å². The van der Waals surface area contributed by atoms with Gasteiger partial charge in [-0.2, -0.15) is 0 Å². The molecule has 3 heterocycles. The number of carbonyl (C=O) groups is 2. The second kappa shape index (κ2) is 11.0. The van der Waals surface area contributed by atoms with E-state index in [1.807, 2.05) is 61.2 Å². The van der Waals surface area contributed by atoms with E-state index in [1.165, 1.54) is 0 Å². The summed E-state index contributed by atoms with van der Waals surface area (Å²) in [6.45, 7) is 6.31. The molecule has 196 valence electrons. The Morgan fingerprint density at radius 1 is 0.921 bits per heavy atom. The third-order valence-electron chi connectivity index (χ3n) is 6.86. The highest BCUT2D eigenvalue weighted by atomic mass is 16.6. The maximum absolute atomic E-state index is 13.3. The van der Waals surface area contributed by atoms with Crippen LogP contribution in [-0.4, -0.2) is 68.3 Å². The Balaban J connectivity index is 1.38. The Morgan fingerprint density at radius 3 is 2.37 bits per heavy atom. The first kappa shape index (κ1) is 25.3. The van der Waals surface area contributed by atoms with Gasteiger partial charge in [-0.05, 0) is 56.5 Å². The summed E-state index contributed by atoms with van der Waals surface area (Å²) in [5.74, 6) is -0.127. The van der Waals surface area contributed by atoms with Crippen molar-refractivity contribution in [2.75, 3.05) is 31.1 Å². The van der Waals surface area contributed by atoms with Gasteiger partial charge in [-0.15, -0.1) is 0 Å². The SMILES string of the molecule is Cc1ccc(-c2nc3ccc(C(=O)N4CCN(c5nonc5C)CC4)cc3nc2CCCCC(=O)O)cc1. The zero-order valence-electron chi connectivity index (χ0n) is 21.6. The molecule has 10 heteroatoms. The van der Waals surface area contributed by atoms with Crippen molar-refractivity contribution in [1.29, 1.82) is 0 Å². The lowest BCUT2D eigenvalue weighted by atomic mass is 10.0. The molecule has 4 aromatic rings. The van der Waals surface area contributed by atoms with Crippen LogP contribution in [0.2, 0.25) is 0 Å². The third-order valence-corrected chi connectivity index (χ3v) is 6.86. The fourth-order valence-electron chi connectivity index (χ4n) is 4.73. The minimum atomic E-state index is -0.801.